The van der Waals surface area contributed by atoms with Crippen molar-refractivity contribution in [3.05, 3.63) is 53.6 Å². The lowest BCUT2D eigenvalue weighted by Crippen LogP contribution is -2.32. The van der Waals surface area contributed by atoms with Gasteiger partial charge in [-0.25, -0.2) is 0 Å². The van der Waals surface area contributed by atoms with E-state index in [1.54, 1.807) is 7.11 Å². The van der Waals surface area contributed by atoms with Gasteiger partial charge in [0.25, 0.3) is 0 Å². The Morgan fingerprint density at radius 3 is 2.86 bits per heavy atom. The summed E-state index contributed by atoms with van der Waals surface area (Å²) < 4.78 is 27.0. The number of para-hydroxylation sites is 1. The fourth-order valence-electron chi connectivity index (χ4n) is 2.93. The Balaban J connectivity index is 1.34. The van der Waals surface area contributed by atoms with Crippen molar-refractivity contribution < 1.29 is 28.8 Å². The molecule has 0 aromatic heterocycles. The predicted octanol–water partition coefficient (Wildman–Crippen LogP) is 2.15. The molecule has 0 aliphatic carbocycles. The number of benzene rings is 2. The summed E-state index contributed by atoms with van der Waals surface area (Å²) in [6.45, 7) is 3.24. The molecule has 0 saturated heterocycles. The maximum absolute atomic E-state index is 10.2. The lowest BCUT2D eigenvalue weighted by molar-refractivity contribution is 0.0591. The third kappa shape index (κ3) is 6.90. The molecular weight excluding hydrogens is 374 g/mol. The van der Waals surface area contributed by atoms with Crippen molar-refractivity contribution in [1.29, 1.82) is 0 Å². The van der Waals surface area contributed by atoms with Gasteiger partial charge in [-0.05, 0) is 36.7 Å². The van der Waals surface area contributed by atoms with E-state index in [-0.39, 0.29) is 13.4 Å². The lowest BCUT2D eigenvalue weighted by atomic mass is 10.1. The Bertz CT molecular complexity index is 754. The van der Waals surface area contributed by atoms with Gasteiger partial charge in [0.05, 0.1) is 19.8 Å². The molecule has 1 atom stereocenters. The van der Waals surface area contributed by atoms with E-state index in [0.29, 0.717) is 26.4 Å². The van der Waals surface area contributed by atoms with Gasteiger partial charge in [0.1, 0.15) is 18.5 Å². The Kier molecular flexibility index (Phi) is 8.58. The second-order valence-electron chi connectivity index (χ2n) is 6.76. The van der Waals surface area contributed by atoms with Crippen LogP contribution in [0.1, 0.15) is 11.1 Å². The molecule has 0 bridgehead atoms. The SMILES string of the molecule is COCCOCc1ccccc1OCC(O)CNCCc1ccc2c(c1)OCO2. The van der Waals surface area contributed by atoms with E-state index in [0.717, 1.165) is 41.3 Å². The molecule has 2 aromatic rings. The first-order valence-electron chi connectivity index (χ1n) is 9.81. The maximum atomic E-state index is 10.2. The number of ether oxygens (including phenoxy) is 5. The number of fused-ring (bicyclic) bond motifs is 1. The van der Waals surface area contributed by atoms with Crippen molar-refractivity contribution >= 4 is 0 Å². The largest absolute Gasteiger partial charge is 0.490 e. The Morgan fingerprint density at radius 2 is 1.97 bits per heavy atom. The van der Waals surface area contributed by atoms with Crippen LogP contribution in [0.5, 0.6) is 17.2 Å². The van der Waals surface area contributed by atoms with Crippen LogP contribution < -0.4 is 19.5 Å². The van der Waals surface area contributed by atoms with Crippen LogP contribution in [0.4, 0.5) is 0 Å². The summed E-state index contributed by atoms with van der Waals surface area (Å²) in [5, 5.41) is 13.5. The van der Waals surface area contributed by atoms with Crippen LogP contribution in [0, 0.1) is 0 Å². The van der Waals surface area contributed by atoms with Gasteiger partial charge in [0.2, 0.25) is 6.79 Å². The highest BCUT2D eigenvalue weighted by molar-refractivity contribution is 5.44. The minimum absolute atomic E-state index is 0.214. The molecule has 7 nitrogen and oxygen atoms in total. The third-order valence-electron chi connectivity index (χ3n) is 4.50. The molecule has 1 unspecified atom stereocenters. The first kappa shape index (κ1) is 21.4. The van der Waals surface area contributed by atoms with E-state index in [9.17, 15) is 5.11 Å². The number of hydrogen-bond donors (Lipinski definition) is 2. The van der Waals surface area contributed by atoms with Crippen LogP contribution in [0.2, 0.25) is 0 Å². The predicted molar refractivity (Wildman–Crippen MR) is 109 cm³/mol. The molecule has 1 aliphatic rings. The van der Waals surface area contributed by atoms with Gasteiger partial charge in [0, 0.05) is 19.2 Å². The normalized spacial score (nSPS) is 13.4. The monoisotopic (exact) mass is 403 g/mol. The van der Waals surface area contributed by atoms with Crippen molar-refractivity contribution in [3.63, 3.8) is 0 Å². The number of nitrogens with one attached hydrogen (secondary N) is 1. The maximum Gasteiger partial charge on any atom is 0.231 e. The van der Waals surface area contributed by atoms with Crippen LogP contribution in [0.25, 0.3) is 0 Å². The van der Waals surface area contributed by atoms with Crippen LogP contribution in [0.15, 0.2) is 42.5 Å². The quantitative estimate of drug-likeness (QED) is 0.496. The van der Waals surface area contributed by atoms with E-state index in [2.05, 4.69) is 5.32 Å². The summed E-state index contributed by atoms with van der Waals surface area (Å²) >= 11 is 0. The van der Waals surface area contributed by atoms with Gasteiger partial charge in [-0.3, -0.25) is 0 Å². The summed E-state index contributed by atoms with van der Waals surface area (Å²) in [5.41, 5.74) is 2.11. The van der Waals surface area contributed by atoms with Crippen molar-refractivity contribution in [2.75, 3.05) is 46.8 Å². The number of aliphatic hydroxyl groups excluding tert-OH is 1. The molecule has 0 radical (unpaired) electrons. The van der Waals surface area contributed by atoms with Crippen molar-refractivity contribution in [2.24, 2.45) is 0 Å². The highest BCUT2D eigenvalue weighted by Gasteiger charge is 2.13. The molecular formula is C22H29NO6. The van der Waals surface area contributed by atoms with Crippen LogP contribution in [-0.2, 0) is 22.5 Å². The number of hydrogen-bond acceptors (Lipinski definition) is 7. The van der Waals surface area contributed by atoms with Gasteiger partial charge in [-0.1, -0.05) is 24.3 Å². The van der Waals surface area contributed by atoms with E-state index in [1.807, 2.05) is 42.5 Å². The molecule has 2 N–H and O–H groups in total. The molecule has 0 fully saturated rings. The first-order valence-corrected chi connectivity index (χ1v) is 9.81. The summed E-state index contributed by atoms with van der Waals surface area (Å²) in [6.07, 6.45) is 0.237. The minimum atomic E-state index is -0.603. The summed E-state index contributed by atoms with van der Waals surface area (Å²) in [7, 11) is 1.64. The average molecular weight is 403 g/mol. The van der Waals surface area contributed by atoms with E-state index < -0.39 is 6.10 Å². The molecule has 0 spiro atoms. The van der Waals surface area contributed by atoms with E-state index in [1.165, 1.54) is 0 Å². The molecule has 0 amide bonds. The van der Waals surface area contributed by atoms with Crippen molar-refractivity contribution in [2.45, 2.75) is 19.1 Å². The minimum Gasteiger partial charge on any atom is -0.490 e. The average Bonchev–Trinajstić information content (AvgIpc) is 3.21. The molecule has 158 valence electrons. The van der Waals surface area contributed by atoms with Crippen LogP contribution in [0.3, 0.4) is 0 Å². The molecule has 0 saturated carbocycles. The summed E-state index contributed by atoms with van der Waals surface area (Å²) in [6, 6.07) is 13.6. The Morgan fingerprint density at radius 1 is 1.10 bits per heavy atom. The molecule has 3 rings (SSSR count). The van der Waals surface area contributed by atoms with Crippen molar-refractivity contribution in [3.8, 4) is 17.2 Å². The zero-order valence-corrected chi connectivity index (χ0v) is 16.8. The van der Waals surface area contributed by atoms with Crippen molar-refractivity contribution in [1.82, 2.24) is 5.32 Å². The standard InChI is InChI=1S/C22H29NO6/c1-25-10-11-26-14-18-4-2-3-5-20(18)27-15-19(24)13-23-9-8-17-6-7-21-22(12-17)29-16-28-21/h2-7,12,19,23-24H,8-11,13-16H2,1H3. The summed E-state index contributed by atoms with van der Waals surface area (Å²) in [5.74, 6) is 2.31. The van der Waals surface area contributed by atoms with Gasteiger partial charge >= 0.3 is 0 Å². The molecule has 1 aliphatic heterocycles. The Hall–Kier alpha value is -2.32. The van der Waals surface area contributed by atoms with E-state index in [4.69, 9.17) is 23.7 Å². The van der Waals surface area contributed by atoms with Gasteiger partial charge in [-0.2, -0.15) is 0 Å². The first-order chi connectivity index (χ1) is 14.3. The highest BCUT2D eigenvalue weighted by atomic mass is 16.7. The van der Waals surface area contributed by atoms with Gasteiger partial charge in [-0.15, -0.1) is 0 Å². The lowest BCUT2D eigenvalue weighted by Gasteiger charge is -2.16. The molecule has 29 heavy (non-hydrogen) atoms. The second-order valence-corrected chi connectivity index (χ2v) is 6.76. The second kappa shape index (κ2) is 11.6. The fourth-order valence-corrected chi connectivity index (χ4v) is 2.93. The fraction of sp³-hybridized carbons (Fsp3) is 0.455. The smallest absolute Gasteiger partial charge is 0.231 e. The topological polar surface area (TPSA) is 78.4 Å². The third-order valence-corrected chi connectivity index (χ3v) is 4.50. The van der Waals surface area contributed by atoms with Gasteiger partial charge in [0.15, 0.2) is 11.5 Å². The number of aliphatic hydroxyl groups is 1. The zero-order valence-electron chi connectivity index (χ0n) is 16.8. The number of rotatable bonds is 13. The van der Waals surface area contributed by atoms with Gasteiger partial charge < -0.3 is 34.1 Å². The number of methoxy groups -OCH3 is 1. The zero-order chi connectivity index (χ0) is 20.3. The molecule has 1 heterocycles. The van der Waals surface area contributed by atoms with Crippen LogP contribution in [-0.4, -0.2) is 58.0 Å². The van der Waals surface area contributed by atoms with Crippen LogP contribution >= 0.6 is 0 Å². The molecule has 7 heteroatoms. The molecule has 2 aromatic carbocycles. The summed E-state index contributed by atoms with van der Waals surface area (Å²) in [4.78, 5) is 0. The highest BCUT2D eigenvalue weighted by Crippen LogP contribution is 2.32. The van der Waals surface area contributed by atoms with E-state index >= 15 is 0 Å². The Labute approximate surface area is 171 Å².